The summed E-state index contributed by atoms with van der Waals surface area (Å²) in [5.41, 5.74) is 5.01. The van der Waals surface area contributed by atoms with Crippen LogP contribution in [0.3, 0.4) is 0 Å². The van der Waals surface area contributed by atoms with Gasteiger partial charge in [-0.25, -0.2) is 14.2 Å². The van der Waals surface area contributed by atoms with Gasteiger partial charge in [-0.05, 0) is 24.6 Å². The van der Waals surface area contributed by atoms with Crippen molar-refractivity contribution in [3.8, 4) is 5.69 Å². The van der Waals surface area contributed by atoms with Crippen LogP contribution in [0.25, 0.3) is 5.69 Å². The largest absolute Gasteiger partial charge is 0.465 e. The van der Waals surface area contributed by atoms with Crippen molar-refractivity contribution in [1.29, 1.82) is 0 Å². The highest BCUT2D eigenvalue weighted by Crippen LogP contribution is 2.24. The number of methoxy groups -OCH3 is 1. The molecule has 0 unspecified atom stereocenters. The lowest BCUT2D eigenvalue weighted by molar-refractivity contribution is 0.0599. The zero-order valence-corrected chi connectivity index (χ0v) is 11.9. The number of anilines is 1. The van der Waals surface area contributed by atoms with Gasteiger partial charge in [0, 0.05) is 0 Å². The summed E-state index contributed by atoms with van der Waals surface area (Å²) in [5, 5.41) is 0.0111. The molecule has 0 amide bonds. The number of aryl methyl sites for hydroxylation is 1. The number of hydrogen-bond acceptors (Lipinski definition) is 5. The Morgan fingerprint density at radius 2 is 2.14 bits per heavy atom. The molecule has 0 saturated carbocycles. The number of nitrogens with two attached hydrogens (primary N) is 1. The van der Waals surface area contributed by atoms with Gasteiger partial charge in [-0.15, -0.1) is 0 Å². The van der Waals surface area contributed by atoms with E-state index in [1.807, 2.05) is 0 Å². The Bertz CT molecular complexity index is 766. The van der Waals surface area contributed by atoms with Gasteiger partial charge in [-0.1, -0.05) is 11.6 Å². The third kappa shape index (κ3) is 2.59. The van der Waals surface area contributed by atoms with Crippen LogP contribution in [0.5, 0.6) is 0 Å². The van der Waals surface area contributed by atoms with E-state index in [0.717, 1.165) is 24.1 Å². The molecule has 0 spiro atoms. The minimum Gasteiger partial charge on any atom is -0.465 e. The van der Waals surface area contributed by atoms with Crippen molar-refractivity contribution in [2.75, 3.05) is 12.8 Å². The minimum atomic E-state index is -0.907. The monoisotopic (exact) mass is 311 g/mol. The standard InChI is InChI=1S/C13H11ClFN3O3/c1-6-3-7(15)4-8(14)10(6)18-5-17-11(16)9(12(18)19)13(20)21-2/h3-5H,16H2,1-2H3. The molecule has 1 aromatic heterocycles. The van der Waals surface area contributed by atoms with Crippen molar-refractivity contribution < 1.29 is 13.9 Å². The van der Waals surface area contributed by atoms with Crippen molar-refractivity contribution in [3.05, 3.63) is 50.8 Å². The van der Waals surface area contributed by atoms with Crippen LogP contribution in [-0.2, 0) is 4.74 Å². The van der Waals surface area contributed by atoms with Crippen molar-refractivity contribution in [3.63, 3.8) is 0 Å². The van der Waals surface area contributed by atoms with E-state index in [1.54, 1.807) is 6.92 Å². The van der Waals surface area contributed by atoms with Gasteiger partial charge in [0.1, 0.15) is 18.0 Å². The number of benzene rings is 1. The first-order valence-corrected chi connectivity index (χ1v) is 6.16. The maximum atomic E-state index is 13.3. The summed E-state index contributed by atoms with van der Waals surface area (Å²) < 4.78 is 18.8. The number of ether oxygens (including phenoxy) is 1. The predicted molar refractivity (Wildman–Crippen MR) is 75.3 cm³/mol. The molecule has 1 heterocycles. The third-order valence-corrected chi connectivity index (χ3v) is 3.14. The molecular weight excluding hydrogens is 301 g/mol. The van der Waals surface area contributed by atoms with Crippen LogP contribution in [0.2, 0.25) is 5.02 Å². The van der Waals surface area contributed by atoms with Crippen LogP contribution in [0, 0.1) is 12.7 Å². The van der Waals surface area contributed by atoms with Gasteiger partial charge in [0.25, 0.3) is 5.56 Å². The lowest BCUT2D eigenvalue weighted by Crippen LogP contribution is -2.29. The van der Waals surface area contributed by atoms with E-state index in [9.17, 15) is 14.0 Å². The van der Waals surface area contributed by atoms with Crippen LogP contribution in [0.1, 0.15) is 15.9 Å². The van der Waals surface area contributed by atoms with Crippen LogP contribution in [0.15, 0.2) is 23.3 Å². The third-order valence-electron chi connectivity index (χ3n) is 2.85. The fourth-order valence-corrected chi connectivity index (χ4v) is 2.26. The second-order valence-electron chi connectivity index (χ2n) is 4.22. The van der Waals surface area contributed by atoms with Crippen LogP contribution < -0.4 is 11.3 Å². The van der Waals surface area contributed by atoms with Crippen LogP contribution >= 0.6 is 11.6 Å². The molecule has 6 nitrogen and oxygen atoms in total. The molecule has 0 fully saturated rings. The first-order valence-electron chi connectivity index (χ1n) is 5.78. The Kier molecular flexibility index (Phi) is 3.95. The first kappa shape index (κ1) is 15.0. The number of halogens is 2. The first-order chi connectivity index (χ1) is 9.86. The van der Waals surface area contributed by atoms with Crippen molar-refractivity contribution in [2.24, 2.45) is 0 Å². The summed E-state index contributed by atoms with van der Waals surface area (Å²) in [6.07, 6.45) is 1.12. The molecule has 2 N–H and O–H groups in total. The summed E-state index contributed by atoms with van der Waals surface area (Å²) in [7, 11) is 1.12. The Hall–Kier alpha value is -2.41. The number of nitrogens with zero attached hydrogens (tertiary/aromatic N) is 2. The Morgan fingerprint density at radius 3 is 2.71 bits per heavy atom. The highest BCUT2D eigenvalue weighted by atomic mass is 35.5. The fourth-order valence-electron chi connectivity index (χ4n) is 1.92. The van der Waals surface area contributed by atoms with Gasteiger partial charge in [0.05, 0.1) is 17.8 Å². The molecular formula is C13H11ClFN3O3. The van der Waals surface area contributed by atoms with Gasteiger partial charge in [0.15, 0.2) is 5.56 Å². The molecule has 110 valence electrons. The summed E-state index contributed by atoms with van der Waals surface area (Å²) in [4.78, 5) is 27.8. The predicted octanol–water partition coefficient (Wildman–Crippen LogP) is 1.70. The average molecular weight is 312 g/mol. The zero-order valence-electron chi connectivity index (χ0n) is 11.2. The Labute approximate surface area is 123 Å². The summed E-state index contributed by atoms with van der Waals surface area (Å²) in [5.74, 6) is -1.69. The smallest absolute Gasteiger partial charge is 0.347 e. The van der Waals surface area contributed by atoms with E-state index >= 15 is 0 Å². The number of carbonyl (C=O) groups excluding carboxylic acids is 1. The number of carbonyl (C=O) groups is 1. The molecule has 0 aliphatic carbocycles. The molecule has 0 aliphatic rings. The molecule has 0 radical (unpaired) electrons. The second kappa shape index (κ2) is 5.53. The van der Waals surface area contributed by atoms with E-state index in [-0.39, 0.29) is 16.5 Å². The van der Waals surface area contributed by atoms with Gasteiger partial charge < -0.3 is 10.5 Å². The van der Waals surface area contributed by atoms with E-state index in [0.29, 0.717) is 5.56 Å². The number of rotatable bonds is 2. The van der Waals surface area contributed by atoms with Gasteiger partial charge in [0.2, 0.25) is 0 Å². The fraction of sp³-hybridized carbons (Fsp3) is 0.154. The summed E-state index contributed by atoms with van der Waals surface area (Å²) in [6.45, 7) is 1.57. The SMILES string of the molecule is COC(=O)c1c(N)ncn(-c2c(C)cc(F)cc2Cl)c1=O. The molecule has 2 aromatic rings. The van der Waals surface area contributed by atoms with Crippen molar-refractivity contribution in [1.82, 2.24) is 9.55 Å². The lowest BCUT2D eigenvalue weighted by atomic mass is 10.2. The molecule has 0 atom stereocenters. The number of hydrogen-bond donors (Lipinski definition) is 1. The number of aromatic nitrogens is 2. The number of esters is 1. The maximum Gasteiger partial charge on any atom is 0.347 e. The maximum absolute atomic E-state index is 13.3. The van der Waals surface area contributed by atoms with E-state index in [4.69, 9.17) is 17.3 Å². The van der Waals surface area contributed by atoms with Crippen molar-refractivity contribution in [2.45, 2.75) is 6.92 Å². The highest BCUT2D eigenvalue weighted by Gasteiger charge is 2.20. The molecule has 8 heteroatoms. The van der Waals surface area contributed by atoms with E-state index < -0.39 is 22.9 Å². The molecule has 0 bridgehead atoms. The molecule has 0 aliphatic heterocycles. The topological polar surface area (TPSA) is 87.2 Å². The van der Waals surface area contributed by atoms with Gasteiger partial charge in [-0.2, -0.15) is 0 Å². The van der Waals surface area contributed by atoms with E-state index in [1.165, 1.54) is 6.07 Å². The quantitative estimate of drug-likeness (QED) is 0.853. The summed E-state index contributed by atoms with van der Waals surface area (Å²) in [6, 6.07) is 2.27. The minimum absolute atomic E-state index is 0.0111. The van der Waals surface area contributed by atoms with Crippen LogP contribution in [-0.4, -0.2) is 22.6 Å². The molecule has 0 saturated heterocycles. The Balaban J connectivity index is 2.78. The number of nitrogen functional groups attached to an aromatic ring is 1. The molecule has 21 heavy (non-hydrogen) atoms. The normalized spacial score (nSPS) is 10.5. The van der Waals surface area contributed by atoms with Crippen molar-refractivity contribution >= 4 is 23.4 Å². The highest BCUT2D eigenvalue weighted by molar-refractivity contribution is 6.32. The molecule has 1 aromatic carbocycles. The van der Waals surface area contributed by atoms with Crippen LogP contribution in [0.4, 0.5) is 10.2 Å². The zero-order chi connectivity index (χ0) is 15.7. The average Bonchev–Trinajstić information content (AvgIpc) is 2.40. The molecule has 2 rings (SSSR count). The Morgan fingerprint density at radius 1 is 1.48 bits per heavy atom. The van der Waals surface area contributed by atoms with Gasteiger partial charge in [-0.3, -0.25) is 9.36 Å². The summed E-state index contributed by atoms with van der Waals surface area (Å²) >= 11 is 5.97. The van der Waals surface area contributed by atoms with Gasteiger partial charge >= 0.3 is 5.97 Å². The second-order valence-corrected chi connectivity index (χ2v) is 4.63. The van der Waals surface area contributed by atoms with E-state index in [2.05, 4.69) is 9.72 Å². The lowest BCUT2D eigenvalue weighted by Gasteiger charge is -2.12.